The summed E-state index contributed by atoms with van der Waals surface area (Å²) < 4.78 is 4.62. The molecule has 0 bridgehead atoms. The number of esters is 1. The van der Waals surface area contributed by atoms with Crippen LogP contribution >= 0.6 is 0 Å². The van der Waals surface area contributed by atoms with Crippen molar-refractivity contribution in [1.82, 2.24) is 5.32 Å². The van der Waals surface area contributed by atoms with Crippen LogP contribution in [0.15, 0.2) is 36.4 Å². The fraction of sp³-hybridized carbons (Fsp3) is 0.286. The summed E-state index contributed by atoms with van der Waals surface area (Å²) in [5, 5.41) is 3.14. The maximum absolute atomic E-state index is 11.3. The van der Waals surface area contributed by atoms with Gasteiger partial charge in [0.15, 0.2) is 0 Å². The van der Waals surface area contributed by atoms with Gasteiger partial charge in [0.05, 0.1) is 7.11 Å². The highest BCUT2D eigenvalue weighted by atomic mass is 16.5. The average molecular weight is 247 g/mol. The van der Waals surface area contributed by atoms with Gasteiger partial charge in [-0.05, 0) is 12.0 Å². The first-order valence-electron chi connectivity index (χ1n) is 5.80. The summed E-state index contributed by atoms with van der Waals surface area (Å²) in [6.45, 7) is 0.635. The van der Waals surface area contributed by atoms with Crippen molar-refractivity contribution in [2.45, 2.75) is 12.8 Å². The van der Waals surface area contributed by atoms with E-state index in [9.17, 15) is 9.59 Å². The zero-order chi connectivity index (χ0) is 13.2. The second-order valence-corrected chi connectivity index (χ2v) is 3.68. The van der Waals surface area contributed by atoms with E-state index < -0.39 is 5.97 Å². The first-order chi connectivity index (χ1) is 8.77. The number of unbranched alkanes of at least 4 members (excludes halogenated alkanes) is 1. The van der Waals surface area contributed by atoms with Crippen LogP contribution in [0.2, 0.25) is 0 Å². The van der Waals surface area contributed by atoms with Crippen LogP contribution in [0.5, 0.6) is 0 Å². The molecule has 0 saturated heterocycles. The van der Waals surface area contributed by atoms with Gasteiger partial charge in [-0.2, -0.15) is 0 Å². The molecule has 1 N–H and O–H groups in total. The minimum Gasteiger partial charge on any atom is -0.466 e. The second-order valence-electron chi connectivity index (χ2n) is 3.68. The van der Waals surface area contributed by atoms with Crippen molar-refractivity contribution in [2.24, 2.45) is 0 Å². The molecule has 1 aromatic carbocycles. The monoisotopic (exact) mass is 247 g/mol. The molecule has 4 nitrogen and oxygen atoms in total. The average Bonchev–Trinajstić information content (AvgIpc) is 2.43. The molecule has 1 aromatic rings. The van der Waals surface area contributed by atoms with Gasteiger partial charge in [-0.15, -0.1) is 0 Å². The maximum atomic E-state index is 11.3. The number of carbonyl (C=O) groups excluding carboxylic acids is 2. The molecule has 0 unspecified atom stereocenters. The highest BCUT2D eigenvalue weighted by molar-refractivity contribution is 5.90. The summed E-state index contributed by atoms with van der Waals surface area (Å²) in [5.74, 6) is -0.406. The van der Waals surface area contributed by atoms with Crippen molar-refractivity contribution in [3.05, 3.63) is 42.0 Å². The summed E-state index contributed by atoms with van der Waals surface area (Å²) in [6, 6.07) is 9.51. The van der Waals surface area contributed by atoms with Crippen LogP contribution in [-0.2, 0) is 14.3 Å². The lowest BCUT2D eigenvalue weighted by Crippen LogP contribution is -2.15. The van der Waals surface area contributed by atoms with Gasteiger partial charge in [0.2, 0.25) is 0 Å². The standard InChI is InChI=1S/C14H17NO3/c1-18-14(17)11-13(15-9-5-6-10-16)12-7-3-2-4-8-12/h2-4,7-8,10-11,15H,5-6,9H2,1H3/b13-11-. The molecule has 0 radical (unpaired) electrons. The summed E-state index contributed by atoms with van der Waals surface area (Å²) in [4.78, 5) is 21.5. The lowest BCUT2D eigenvalue weighted by molar-refractivity contribution is -0.134. The van der Waals surface area contributed by atoms with E-state index in [1.54, 1.807) is 0 Å². The Balaban J connectivity index is 2.73. The van der Waals surface area contributed by atoms with Crippen LogP contribution in [0.1, 0.15) is 18.4 Å². The molecule has 0 aliphatic heterocycles. The number of hydrogen-bond acceptors (Lipinski definition) is 4. The van der Waals surface area contributed by atoms with Crippen molar-refractivity contribution in [2.75, 3.05) is 13.7 Å². The summed E-state index contributed by atoms with van der Waals surface area (Å²) >= 11 is 0. The van der Waals surface area contributed by atoms with Crippen molar-refractivity contribution >= 4 is 18.0 Å². The lowest BCUT2D eigenvalue weighted by Gasteiger charge is -2.10. The molecular formula is C14H17NO3. The van der Waals surface area contributed by atoms with Crippen LogP contribution in [0, 0.1) is 0 Å². The van der Waals surface area contributed by atoms with E-state index in [1.165, 1.54) is 13.2 Å². The van der Waals surface area contributed by atoms with Crippen LogP contribution in [0.3, 0.4) is 0 Å². The smallest absolute Gasteiger partial charge is 0.332 e. The van der Waals surface area contributed by atoms with E-state index in [0.717, 1.165) is 18.3 Å². The molecule has 0 fully saturated rings. The van der Waals surface area contributed by atoms with E-state index in [4.69, 9.17) is 0 Å². The van der Waals surface area contributed by atoms with Crippen molar-refractivity contribution < 1.29 is 14.3 Å². The second kappa shape index (κ2) is 8.06. The van der Waals surface area contributed by atoms with Crippen LogP contribution in [0.4, 0.5) is 0 Å². The Morgan fingerprint density at radius 2 is 2.06 bits per heavy atom. The topological polar surface area (TPSA) is 55.4 Å². The van der Waals surface area contributed by atoms with Gasteiger partial charge in [0.1, 0.15) is 6.29 Å². The zero-order valence-corrected chi connectivity index (χ0v) is 10.4. The fourth-order valence-corrected chi connectivity index (χ4v) is 1.44. The molecule has 0 atom stereocenters. The third kappa shape index (κ3) is 4.82. The molecule has 4 heteroatoms. The van der Waals surface area contributed by atoms with E-state index in [1.807, 2.05) is 30.3 Å². The van der Waals surface area contributed by atoms with Gasteiger partial charge in [-0.1, -0.05) is 30.3 Å². The largest absolute Gasteiger partial charge is 0.466 e. The molecule has 0 aromatic heterocycles. The number of carbonyl (C=O) groups is 2. The highest BCUT2D eigenvalue weighted by Crippen LogP contribution is 2.11. The Bertz CT molecular complexity index is 412. The highest BCUT2D eigenvalue weighted by Gasteiger charge is 2.04. The summed E-state index contributed by atoms with van der Waals surface area (Å²) in [5.41, 5.74) is 1.61. The zero-order valence-electron chi connectivity index (χ0n) is 10.4. The van der Waals surface area contributed by atoms with Crippen molar-refractivity contribution in [3.8, 4) is 0 Å². The summed E-state index contributed by atoms with van der Waals surface area (Å²) in [7, 11) is 1.34. The minimum atomic E-state index is -0.406. The third-order valence-corrected chi connectivity index (χ3v) is 2.36. The quantitative estimate of drug-likeness (QED) is 0.345. The summed E-state index contributed by atoms with van der Waals surface area (Å²) in [6.07, 6.45) is 3.53. The number of methoxy groups -OCH3 is 1. The molecule has 0 heterocycles. The van der Waals surface area contributed by atoms with E-state index >= 15 is 0 Å². The Hall–Kier alpha value is -2.10. The van der Waals surface area contributed by atoms with Crippen molar-refractivity contribution in [3.63, 3.8) is 0 Å². The molecule has 0 aliphatic rings. The Kier molecular flexibility index (Phi) is 6.25. The molecule has 0 spiro atoms. The number of rotatable bonds is 7. The van der Waals surface area contributed by atoms with Gasteiger partial charge >= 0.3 is 5.97 Å². The first-order valence-corrected chi connectivity index (χ1v) is 5.80. The SMILES string of the molecule is COC(=O)/C=C(\NCCCC=O)c1ccccc1. The Morgan fingerprint density at radius 3 is 2.67 bits per heavy atom. The fourth-order valence-electron chi connectivity index (χ4n) is 1.44. The van der Waals surface area contributed by atoms with Crippen LogP contribution in [-0.4, -0.2) is 25.9 Å². The minimum absolute atomic E-state index is 0.406. The molecular weight excluding hydrogens is 230 g/mol. The molecule has 0 saturated carbocycles. The van der Waals surface area contributed by atoms with Gasteiger partial charge in [-0.3, -0.25) is 0 Å². The van der Waals surface area contributed by atoms with Crippen molar-refractivity contribution in [1.29, 1.82) is 0 Å². The van der Waals surface area contributed by atoms with Crippen LogP contribution < -0.4 is 5.32 Å². The van der Waals surface area contributed by atoms with Crippen LogP contribution in [0.25, 0.3) is 5.70 Å². The normalized spacial score (nSPS) is 10.8. The number of benzene rings is 1. The number of ether oxygens (including phenoxy) is 1. The number of aldehydes is 1. The third-order valence-electron chi connectivity index (χ3n) is 2.36. The molecule has 1 rings (SSSR count). The predicted molar refractivity (Wildman–Crippen MR) is 69.7 cm³/mol. The van der Waals surface area contributed by atoms with Gasteiger partial charge in [0.25, 0.3) is 0 Å². The van der Waals surface area contributed by atoms with E-state index in [-0.39, 0.29) is 0 Å². The molecule has 96 valence electrons. The predicted octanol–water partition coefficient (Wildman–Crippen LogP) is 1.77. The molecule has 0 amide bonds. The molecule has 18 heavy (non-hydrogen) atoms. The van der Waals surface area contributed by atoms with Gasteiger partial charge < -0.3 is 14.8 Å². The Labute approximate surface area is 107 Å². The Morgan fingerprint density at radius 1 is 1.33 bits per heavy atom. The van der Waals surface area contributed by atoms with E-state index in [2.05, 4.69) is 10.1 Å². The van der Waals surface area contributed by atoms with E-state index in [0.29, 0.717) is 18.7 Å². The van der Waals surface area contributed by atoms with Gasteiger partial charge in [-0.25, -0.2) is 4.79 Å². The molecule has 0 aliphatic carbocycles. The van der Waals surface area contributed by atoms with Gasteiger partial charge in [0, 0.05) is 24.7 Å². The maximum Gasteiger partial charge on any atom is 0.332 e. The number of hydrogen-bond donors (Lipinski definition) is 1. The number of nitrogens with one attached hydrogen (secondary N) is 1. The lowest BCUT2D eigenvalue weighted by atomic mass is 10.1. The first kappa shape index (κ1) is 14.0.